The molecule has 0 atom stereocenters. The second-order valence-corrected chi connectivity index (χ2v) is 9.34. The van der Waals surface area contributed by atoms with Crippen LogP contribution in [0.3, 0.4) is 0 Å². The number of hydrogen-bond donors (Lipinski definition) is 0. The van der Waals surface area contributed by atoms with Gasteiger partial charge in [0.15, 0.2) is 0 Å². The van der Waals surface area contributed by atoms with Gasteiger partial charge in [0.25, 0.3) is 0 Å². The van der Waals surface area contributed by atoms with Gasteiger partial charge in [-0.05, 0) is 57.0 Å². The molecule has 0 saturated heterocycles. The molecule has 0 spiro atoms. The van der Waals surface area contributed by atoms with Crippen molar-refractivity contribution in [1.29, 1.82) is 0 Å². The highest BCUT2D eigenvalue weighted by atomic mass is 32.1. The smallest absolute Gasteiger partial charge is 0.410 e. The van der Waals surface area contributed by atoms with E-state index in [0.717, 1.165) is 30.6 Å². The van der Waals surface area contributed by atoms with Crippen LogP contribution >= 0.6 is 11.3 Å². The highest BCUT2D eigenvalue weighted by molar-refractivity contribution is 7.10. The Hall–Kier alpha value is -2.14. The molecule has 1 amide bonds. The Morgan fingerprint density at radius 1 is 0.966 bits per heavy atom. The number of carbonyl (C=O) groups is 2. The fourth-order valence-electron chi connectivity index (χ4n) is 3.03. The van der Waals surface area contributed by atoms with Gasteiger partial charge >= 0.3 is 6.09 Å². The Labute approximate surface area is 178 Å². The van der Waals surface area contributed by atoms with Gasteiger partial charge in [-0.3, -0.25) is 4.79 Å². The van der Waals surface area contributed by atoms with Crippen LogP contribution in [0.25, 0.3) is 0 Å². The molecule has 2 rings (SSSR count). The van der Waals surface area contributed by atoms with Gasteiger partial charge in [0.2, 0.25) is 0 Å². The first kappa shape index (κ1) is 23.1. The summed E-state index contributed by atoms with van der Waals surface area (Å²) in [7, 11) is 0. The molecule has 0 bridgehead atoms. The van der Waals surface area contributed by atoms with Gasteiger partial charge in [0.05, 0.1) is 0 Å². The Balaban J connectivity index is 1.75. The fraction of sp³-hybridized carbons (Fsp3) is 0.500. The summed E-state index contributed by atoms with van der Waals surface area (Å²) in [6.45, 7) is 6.95. The zero-order valence-corrected chi connectivity index (χ0v) is 18.7. The number of benzene rings is 1. The number of rotatable bonds is 11. The molecule has 0 aliphatic heterocycles. The van der Waals surface area contributed by atoms with Gasteiger partial charge in [-0.25, -0.2) is 4.79 Å². The van der Waals surface area contributed by atoms with E-state index in [9.17, 15) is 9.59 Å². The van der Waals surface area contributed by atoms with Gasteiger partial charge in [0.1, 0.15) is 11.4 Å². The maximum absolute atomic E-state index is 12.6. The normalized spacial score (nSPS) is 11.3. The van der Waals surface area contributed by atoms with Crippen molar-refractivity contribution >= 4 is 23.2 Å². The molecule has 0 fully saturated rings. The van der Waals surface area contributed by atoms with Crippen LogP contribution in [-0.2, 0) is 22.4 Å². The molecule has 29 heavy (non-hydrogen) atoms. The minimum atomic E-state index is -0.504. The van der Waals surface area contributed by atoms with E-state index in [-0.39, 0.29) is 6.09 Å². The summed E-state index contributed by atoms with van der Waals surface area (Å²) in [4.78, 5) is 27.6. The molecule has 0 unspecified atom stereocenters. The van der Waals surface area contributed by atoms with Gasteiger partial charge in [-0.15, -0.1) is 11.3 Å². The van der Waals surface area contributed by atoms with Crippen molar-refractivity contribution in [3.63, 3.8) is 0 Å². The van der Waals surface area contributed by atoms with E-state index in [0.29, 0.717) is 31.7 Å². The summed E-state index contributed by atoms with van der Waals surface area (Å²) in [6, 6.07) is 14.2. The van der Waals surface area contributed by atoms with Crippen molar-refractivity contribution < 1.29 is 14.3 Å². The molecule has 5 heteroatoms. The van der Waals surface area contributed by atoms with E-state index < -0.39 is 5.60 Å². The Kier molecular flexibility index (Phi) is 9.39. The zero-order chi connectivity index (χ0) is 21.1. The van der Waals surface area contributed by atoms with Crippen LogP contribution in [0.15, 0.2) is 47.8 Å². The predicted molar refractivity (Wildman–Crippen MR) is 119 cm³/mol. The molecule has 0 aliphatic carbocycles. The van der Waals surface area contributed by atoms with Crippen molar-refractivity contribution in [3.05, 3.63) is 58.3 Å². The predicted octanol–water partition coefficient (Wildman–Crippen LogP) is 5.90. The molecule has 1 aromatic heterocycles. The largest absolute Gasteiger partial charge is 0.444 e. The first-order valence-corrected chi connectivity index (χ1v) is 11.3. The summed E-state index contributed by atoms with van der Waals surface area (Å²) in [5, 5.41) is 2.00. The maximum Gasteiger partial charge on any atom is 0.410 e. The second kappa shape index (κ2) is 11.8. The quantitative estimate of drug-likeness (QED) is 0.429. The molecule has 2 aromatic rings. The third-order valence-electron chi connectivity index (χ3n) is 4.50. The molecule has 0 radical (unpaired) electrons. The van der Waals surface area contributed by atoms with Crippen LogP contribution in [0.1, 0.15) is 56.9 Å². The molecule has 1 aromatic carbocycles. The molecule has 4 nitrogen and oxygen atoms in total. The summed E-state index contributed by atoms with van der Waals surface area (Å²) < 4.78 is 5.58. The van der Waals surface area contributed by atoms with E-state index >= 15 is 0 Å². The third-order valence-corrected chi connectivity index (χ3v) is 5.38. The monoisotopic (exact) mass is 415 g/mol. The number of carbonyl (C=O) groups excluding carboxylic acids is 2. The fourth-order valence-corrected chi connectivity index (χ4v) is 3.76. The standard InChI is InChI=1S/C24H33NO3S/c1-24(2,3)28-23(27)25(17-15-20-11-6-4-7-12-20)16-9-5-8-13-21(26)19-22-14-10-18-29-22/h4,6-7,10-12,14,18H,5,8-9,13,15-17,19H2,1-3H3. The molecule has 0 N–H and O–H groups in total. The van der Waals surface area contributed by atoms with Crippen molar-refractivity contribution in [2.45, 2.75) is 64.9 Å². The number of ketones is 1. The highest BCUT2D eigenvalue weighted by Gasteiger charge is 2.21. The lowest BCUT2D eigenvalue weighted by molar-refractivity contribution is -0.118. The zero-order valence-electron chi connectivity index (χ0n) is 17.9. The van der Waals surface area contributed by atoms with Gasteiger partial charge in [-0.2, -0.15) is 0 Å². The van der Waals surface area contributed by atoms with Crippen LogP contribution in [0.2, 0.25) is 0 Å². The molecule has 0 aliphatic rings. The second-order valence-electron chi connectivity index (χ2n) is 8.31. The Morgan fingerprint density at radius 2 is 1.72 bits per heavy atom. The minimum absolute atomic E-state index is 0.262. The number of nitrogens with zero attached hydrogens (tertiary/aromatic N) is 1. The van der Waals surface area contributed by atoms with Crippen molar-refractivity contribution in [2.75, 3.05) is 13.1 Å². The SMILES string of the molecule is CC(C)(C)OC(=O)N(CCCCCC(=O)Cc1cccs1)CCc1ccccc1. The highest BCUT2D eigenvalue weighted by Crippen LogP contribution is 2.14. The molecule has 158 valence electrons. The lowest BCUT2D eigenvalue weighted by Gasteiger charge is -2.27. The van der Waals surface area contributed by atoms with Crippen LogP contribution in [0, 0.1) is 0 Å². The number of amides is 1. The van der Waals surface area contributed by atoms with Crippen LogP contribution in [0.5, 0.6) is 0 Å². The average molecular weight is 416 g/mol. The molecular weight excluding hydrogens is 382 g/mol. The van der Waals surface area contributed by atoms with Crippen LogP contribution in [-0.4, -0.2) is 35.5 Å². The van der Waals surface area contributed by atoms with Crippen molar-refractivity contribution in [2.24, 2.45) is 0 Å². The molecule has 1 heterocycles. The molecular formula is C24H33NO3S. The van der Waals surface area contributed by atoms with Crippen molar-refractivity contribution in [3.8, 4) is 0 Å². The summed E-state index contributed by atoms with van der Waals surface area (Å²) in [5.41, 5.74) is 0.705. The first-order valence-electron chi connectivity index (χ1n) is 10.4. The summed E-state index contributed by atoms with van der Waals surface area (Å²) in [6.07, 6.45) is 4.36. The maximum atomic E-state index is 12.6. The van der Waals surface area contributed by atoms with Gasteiger partial charge in [0, 0.05) is 30.8 Å². The van der Waals surface area contributed by atoms with Gasteiger partial charge < -0.3 is 9.64 Å². The lowest BCUT2D eigenvalue weighted by Crippen LogP contribution is -2.38. The topological polar surface area (TPSA) is 46.6 Å². The van der Waals surface area contributed by atoms with E-state index in [4.69, 9.17) is 4.74 Å². The third kappa shape index (κ3) is 9.75. The Bertz CT molecular complexity index is 735. The van der Waals surface area contributed by atoms with E-state index in [1.54, 1.807) is 16.2 Å². The minimum Gasteiger partial charge on any atom is -0.444 e. The number of unbranched alkanes of at least 4 members (excludes halogenated alkanes) is 2. The molecule has 0 saturated carbocycles. The lowest BCUT2D eigenvalue weighted by atomic mass is 10.1. The van der Waals surface area contributed by atoms with Crippen molar-refractivity contribution in [1.82, 2.24) is 4.90 Å². The number of thiophene rings is 1. The average Bonchev–Trinajstić information content (AvgIpc) is 3.16. The summed E-state index contributed by atoms with van der Waals surface area (Å²) in [5.74, 6) is 0.292. The summed E-state index contributed by atoms with van der Waals surface area (Å²) >= 11 is 1.63. The number of Topliss-reactive ketones (excluding diaryl/α,β-unsaturated/α-hetero) is 1. The Morgan fingerprint density at radius 3 is 2.38 bits per heavy atom. The van der Waals surface area contributed by atoms with E-state index in [2.05, 4.69) is 12.1 Å². The van der Waals surface area contributed by atoms with E-state index in [1.165, 1.54) is 5.56 Å². The van der Waals surface area contributed by atoms with Gasteiger partial charge in [-0.1, -0.05) is 42.8 Å². The first-order chi connectivity index (χ1) is 13.8. The van der Waals surface area contributed by atoms with E-state index in [1.807, 2.05) is 56.5 Å². The number of hydrogen-bond acceptors (Lipinski definition) is 4. The van der Waals surface area contributed by atoms with Crippen LogP contribution in [0.4, 0.5) is 4.79 Å². The number of ether oxygens (including phenoxy) is 1. The van der Waals surface area contributed by atoms with Crippen LogP contribution < -0.4 is 0 Å².